The average molecular weight is 338 g/mol. The fourth-order valence-electron chi connectivity index (χ4n) is 3.76. The minimum absolute atomic E-state index is 0.235. The number of hydrogen-bond acceptors (Lipinski definition) is 3. The number of anilines is 1. The van der Waals surface area contributed by atoms with Crippen LogP contribution in [0.4, 0.5) is 10.2 Å². The predicted molar refractivity (Wildman–Crippen MR) is 98.4 cm³/mol. The molecule has 0 aliphatic heterocycles. The monoisotopic (exact) mass is 338 g/mol. The molecule has 1 aliphatic carbocycles. The third-order valence-corrected chi connectivity index (χ3v) is 4.98. The van der Waals surface area contributed by atoms with E-state index in [0.717, 1.165) is 34.0 Å². The lowest BCUT2D eigenvalue weighted by molar-refractivity contribution is 0.461. The van der Waals surface area contributed by atoms with Crippen molar-refractivity contribution in [3.63, 3.8) is 0 Å². The average Bonchev–Trinajstić information content (AvgIpc) is 2.93. The molecule has 0 saturated heterocycles. The van der Waals surface area contributed by atoms with Crippen molar-refractivity contribution in [2.75, 3.05) is 5.32 Å². The van der Waals surface area contributed by atoms with Gasteiger partial charge in [0.25, 0.3) is 0 Å². The van der Waals surface area contributed by atoms with Crippen molar-refractivity contribution in [1.82, 2.24) is 14.6 Å². The number of fused-ring (bicyclic) bond motifs is 1. The molecule has 5 heteroatoms. The minimum atomic E-state index is -0.235. The Morgan fingerprint density at radius 1 is 1.08 bits per heavy atom. The van der Waals surface area contributed by atoms with E-state index in [1.54, 1.807) is 12.1 Å². The Balaban J connectivity index is 1.80. The highest BCUT2D eigenvalue weighted by molar-refractivity contribution is 5.80. The fraction of sp³-hybridized carbons (Fsp3) is 0.400. The summed E-state index contributed by atoms with van der Waals surface area (Å²) < 4.78 is 15.2. The number of nitrogens with zero attached hydrogens (tertiary/aromatic N) is 3. The number of aromatic nitrogens is 3. The van der Waals surface area contributed by atoms with Crippen LogP contribution in [0.15, 0.2) is 30.3 Å². The van der Waals surface area contributed by atoms with Crippen molar-refractivity contribution in [3.8, 4) is 11.1 Å². The normalized spacial score (nSPS) is 15.6. The summed E-state index contributed by atoms with van der Waals surface area (Å²) in [5.74, 6) is 0.757. The lowest BCUT2D eigenvalue weighted by Crippen LogP contribution is -2.24. The molecular weight excluding hydrogens is 315 g/mol. The Morgan fingerprint density at radius 3 is 2.52 bits per heavy atom. The van der Waals surface area contributed by atoms with Crippen molar-refractivity contribution in [3.05, 3.63) is 47.5 Å². The van der Waals surface area contributed by atoms with Gasteiger partial charge in [-0.05, 0) is 44.4 Å². The lowest BCUT2D eigenvalue weighted by atomic mass is 9.95. The van der Waals surface area contributed by atoms with Crippen molar-refractivity contribution in [1.29, 1.82) is 0 Å². The molecule has 0 bridgehead atoms. The SMILES string of the molecule is Cc1cc(NC2CCCCC2)n2nc(C)c(-c3ccc(F)cc3)c2n1. The smallest absolute Gasteiger partial charge is 0.165 e. The third kappa shape index (κ3) is 3.11. The zero-order chi connectivity index (χ0) is 17.4. The van der Waals surface area contributed by atoms with E-state index >= 15 is 0 Å². The first-order valence-electron chi connectivity index (χ1n) is 9.01. The van der Waals surface area contributed by atoms with Crippen LogP contribution >= 0.6 is 0 Å². The highest BCUT2D eigenvalue weighted by atomic mass is 19.1. The largest absolute Gasteiger partial charge is 0.367 e. The summed E-state index contributed by atoms with van der Waals surface area (Å²) in [5.41, 5.74) is 4.58. The Kier molecular flexibility index (Phi) is 4.15. The molecule has 1 N–H and O–H groups in total. The number of halogens is 1. The second kappa shape index (κ2) is 6.47. The molecular formula is C20H23FN4. The van der Waals surface area contributed by atoms with Gasteiger partial charge in [-0.15, -0.1) is 0 Å². The van der Waals surface area contributed by atoms with E-state index in [4.69, 9.17) is 10.1 Å². The standard InChI is InChI=1S/C20H23FN4/c1-13-12-18(23-17-6-4-3-5-7-17)25-20(22-13)19(14(2)24-25)15-8-10-16(21)11-9-15/h8-12,17,23H,3-7H2,1-2H3. The molecule has 25 heavy (non-hydrogen) atoms. The van der Waals surface area contributed by atoms with Gasteiger partial charge in [0.2, 0.25) is 0 Å². The zero-order valence-electron chi connectivity index (χ0n) is 14.7. The van der Waals surface area contributed by atoms with E-state index in [-0.39, 0.29) is 5.82 Å². The van der Waals surface area contributed by atoms with E-state index in [1.807, 2.05) is 18.4 Å². The maximum atomic E-state index is 13.3. The maximum Gasteiger partial charge on any atom is 0.165 e. The van der Waals surface area contributed by atoms with E-state index in [0.29, 0.717) is 6.04 Å². The van der Waals surface area contributed by atoms with Gasteiger partial charge in [0, 0.05) is 23.4 Å². The summed E-state index contributed by atoms with van der Waals surface area (Å²) in [4.78, 5) is 4.72. The van der Waals surface area contributed by atoms with E-state index in [1.165, 1.54) is 44.2 Å². The van der Waals surface area contributed by atoms with Gasteiger partial charge in [0.1, 0.15) is 11.6 Å². The van der Waals surface area contributed by atoms with Gasteiger partial charge in [-0.3, -0.25) is 0 Å². The van der Waals surface area contributed by atoms with Crippen LogP contribution in [0.2, 0.25) is 0 Å². The van der Waals surface area contributed by atoms with Crippen LogP contribution in [0.25, 0.3) is 16.8 Å². The molecule has 0 spiro atoms. The summed E-state index contributed by atoms with van der Waals surface area (Å²) in [6.07, 6.45) is 6.30. The van der Waals surface area contributed by atoms with Gasteiger partial charge in [0.15, 0.2) is 5.65 Å². The van der Waals surface area contributed by atoms with E-state index < -0.39 is 0 Å². The van der Waals surface area contributed by atoms with Gasteiger partial charge in [0.05, 0.1) is 5.69 Å². The number of benzene rings is 1. The Hall–Kier alpha value is -2.43. The highest BCUT2D eigenvalue weighted by Gasteiger charge is 2.19. The molecule has 1 aliphatic rings. The molecule has 4 nitrogen and oxygen atoms in total. The molecule has 1 saturated carbocycles. The number of hydrogen-bond donors (Lipinski definition) is 1. The second-order valence-electron chi connectivity index (χ2n) is 6.96. The molecule has 130 valence electrons. The quantitative estimate of drug-likeness (QED) is 0.739. The fourth-order valence-corrected chi connectivity index (χ4v) is 3.76. The molecule has 1 aromatic carbocycles. The molecule has 2 heterocycles. The van der Waals surface area contributed by atoms with Crippen LogP contribution in [0, 0.1) is 19.7 Å². The summed E-state index contributed by atoms with van der Waals surface area (Å²) in [6, 6.07) is 9.10. The van der Waals surface area contributed by atoms with Gasteiger partial charge in [-0.2, -0.15) is 9.61 Å². The number of aryl methyl sites for hydroxylation is 2. The van der Waals surface area contributed by atoms with Gasteiger partial charge in [-0.1, -0.05) is 31.4 Å². The van der Waals surface area contributed by atoms with Crippen LogP contribution in [-0.2, 0) is 0 Å². The first-order valence-corrected chi connectivity index (χ1v) is 9.01. The lowest BCUT2D eigenvalue weighted by Gasteiger charge is -2.24. The molecule has 4 rings (SSSR count). The van der Waals surface area contributed by atoms with Crippen molar-refractivity contribution in [2.45, 2.75) is 52.0 Å². The maximum absolute atomic E-state index is 13.3. The van der Waals surface area contributed by atoms with Crippen LogP contribution in [-0.4, -0.2) is 20.6 Å². The summed E-state index contributed by atoms with van der Waals surface area (Å²) in [5, 5.41) is 8.38. The number of rotatable bonds is 3. The first-order chi connectivity index (χ1) is 12.1. The second-order valence-corrected chi connectivity index (χ2v) is 6.96. The van der Waals surface area contributed by atoms with Crippen molar-refractivity contribution >= 4 is 11.5 Å². The molecule has 2 aromatic heterocycles. The summed E-state index contributed by atoms with van der Waals surface area (Å²) >= 11 is 0. The van der Waals surface area contributed by atoms with Crippen molar-refractivity contribution in [2.24, 2.45) is 0 Å². The van der Waals surface area contributed by atoms with E-state index in [9.17, 15) is 4.39 Å². The molecule has 0 unspecified atom stereocenters. The van der Waals surface area contributed by atoms with Crippen LogP contribution in [0.5, 0.6) is 0 Å². The van der Waals surface area contributed by atoms with Crippen LogP contribution < -0.4 is 5.32 Å². The Bertz CT molecular complexity index is 892. The summed E-state index contributed by atoms with van der Waals surface area (Å²) in [6.45, 7) is 3.98. The van der Waals surface area contributed by atoms with Crippen LogP contribution in [0.3, 0.4) is 0 Å². The Morgan fingerprint density at radius 2 is 1.80 bits per heavy atom. The topological polar surface area (TPSA) is 42.2 Å². The molecule has 0 atom stereocenters. The van der Waals surface area contributed by atoms with Crippen LogP contribution in [0.1, 0.15) is 43.5 Å². The summed E-state index contributed by atoms with van der Waals surface area (Å²) in [7, 11) is 0. The highest BCUT2D eigenvalue weighted by Crippen LogP contribution is 2.30. The molecule has 3 aromatic rings. The molecule has 0 radical (unpaired) electrons. The van der Waals surface area contributed by atoms with Gasteiger partial charge in [-0.25, -0.2) is 9.37 Å². The van der Waals surface area contributed by atoms with Crippen molar-refractivity contribution < 1.29 is 4.39 Å². The third-order valence-electron chi connectivity index (χ3n) is 4.98. The minimum Gasteiger partial charge on any atom is -0.367 e. The van der Waals surface area contributed by atoms with E-state index in [2.05, 4.69) is 11.4 Å². The predicted octanol–water partition coefficient (Wildman–Crippen LogP) is 4.90. The zero-order valence-corrected chi connectivity index (χ0v) is 14.7. The van der Waals surface area contributed by atoms with Gasteiger partial charge >= 0.3 is 0 Å². The van der Waals surface area contributed by atoms with Gasteiger partial charge < -0.3 is 5.32 Å². The first kappa shape index (κ1) is 16.1. The molecule has 1 fully saturated rings. The Labute approximate surface area is 147 Å². The number of nitrogens with one attached hydrogen (secondary N) is 1. The molecule has 0 amide bonds.